The van der Waals surface area contributed by atoms with Gasteiger partial charge >= 0.3 is 5.97 Å². The van der Waals surface area contributed by atoms with Crippen LogP contribution in [0.25, 0.3) is 0 Å². The minimum atomic E-state index is -0.526. The summed E-state index contributed by atoms with van der Waals surface area (Å²) < 4.78 is 13.5. The van der Waals surface area contributed by atoms with Crippen LogP contribution < -0.4 is 10.1 Å². The molecular formula is C32H33ClN4O3S. The molecule has 7 nitrogen and oxygen atoms in total. The van der Waals surface area contributed by atoms with Crippen LogP contribution in [-0.2, 0) is 21.9 Å². The van der Waals surface area contributed by atoms with Gasteiger partial charge in [-0.1, -0.05) is 97.9 Å². The minimum Gasteiger partial charge on any atom is -0.494 e. The molecule has 4 aromatic rings. The van der Waals surface area contributed by atoms with Crippen molar-refractivity contribution in [2.45, 2.75) is 50.8 Å². The lowest BCUT2D eigenvalue weighted by atomic mass is 9.95. The SMILES string of the molecule is CC1=C(C(=O)OCc2ccccc2)C(c2ccc(OCCC(C)C)cc2)n2nc(SCc3ccccc3Cl)nc2N1. The number of carbonyl (C=O) groups excluding carboxylic acids is 1. The first-order chi connectivity index (χ1) is 19.9. The molecule has 1 unspecified atom stereocenters. The number of halogens is 1. The Morgan fingerprint density at radius 2 is 1.78 bits per heavy atom. The van der Waals surface area contributed by atoms with Gasteiger partial charge in [0, 0.05) is 16.5 Å². The van der Waals surface area contributed by atoms with Crippen LogP contribution in [0.3, 0.4) is 0 Å². The number of rotatable bonds is 11. The Kier molecular flexibility index (Phi) is 9.31. The Bertz CT molecular complexity index is 1520. The first kappa shape index (κ1) is 28.8. The van der Waals surface area contributed by atoms with E-state index >= 15 is 0 Å². The molecule has 0 bridgehead atoms. The van der Waals surface area contributed by atoms with Crippen LogP contribution >= 0.6 is 23.4 Å². The largest absolute Gasteiger partial charge is 0.494 e. The van der Waals surface area contributed by atoms with Gasteiger partial charge in [0.2, 0.25) is 11.1 Å². The summed E-state index contributed by atoms with van der Waals surface area (Å²) in [6, 6.07) is 24.7. The van der Waals surface area contributed by atoms with E-state index in [4.69, 9.17) is 31.2 Å². The van der Waals surface area contributed by atoms with Crippen molar-refractivity contribution in [1.29, 1.82) is 0 Å². The highest BCUT2D eigenvalue weighted by molar-refractivity contribution is 7.98. The van der Waals surface area contributed by atoms with Crippen molar-refractivity contribution in [2.75, 3.05) is 11.9 Å². The summed E-state index contributed by atoms with van der Waals surface area (Å²) in [6.07, 6.45) is 0.979. The number of ether oxygens (including phenoxy) is 2. The summed E-state index contributed by atoms with van der Waals surface area (Å²) in [5.41, 5.74) is 3.95. The standard InChI is InChI=1S/C32H33ClN4O3S/c1-21(2)17-18-39-26-15-13-24(14-16-26)29-28(30(38)40-19-23-9-5-4-6-10-23)22(3)34-31-35-32(36-37(29)31)41-20-25-11-7-8-12-27(25)33/h4-16,21,29H,17-20H2,1-3H3,(H,34,35,36). The minimum absolute atomic E-state index is 0.176. The van der Waals surface area contributed by atoms with E-state index in [1.54, 1.807) is 4.68 Å². The number of nitrogens with one attached hydrogen (secondary N) is 1. The second-order valence-electron chi connectivity index (χ2n) is 10.3. The average Bonchev–Trinajstić information content (AvgIpc) is 3.38. The molecule has 0 saturated heterocycles. The second kappa shape index (κ2) is 13.3. The molecule has 0 radical (unpaired) electrons. The van der Waals surface area contributed by atoms with Gasteiger partial charge in [-0.2, -0.15) is 4.98 Å². The van der Waals surface area contributed by atoms with Crippen molar-refractivity contribution < 1.29 is 14.3 Å². The average molecular weight is 589 g/mol. The van der Waals surface area contributed by atoms with Gasteiger partial charge < -0.3 is 14.8 Å². The predicted molar refractivity (Wildman–Crippen MR) is 163 cm³/mol. The van der Waals surface area contributed by atoms with E-state index in [9.17, 15) is 4.79 Å². The Morgan fingerprint density at radius 1 is 1.05 bits per heavy atom. The van der Waals surface area contributed by atoms with Crippen LogP contribution in [0.1, 0.15) is 49.9 Å². The number of hydrogen-bond donors (Lipinski definition) is 1. The lowest BCUT2D eigenvalue weighted by Crippen LogP contribution is -2.29. The molecule has 212 valence electrons. The number of benzene rings is 3. The summed E-state index contributed by atoms with van der Waals surface area (Å²) in [5.74, 6) is 2.12. The maximum atomic E-state index is 13.6. The van der Waals surface area contributed by atoms with Crippen molar-refractivity contribution >= 4 is 35.3 Å². The molecule has 1 aliphatic rings. The van der Waals surface area contributed by atoms with Crippen LogP contribution in [0, 0.1) is 5.92 Å². The Labute approximate surface area is 249 Å². The van der Waals surface area contributed by atoms with Gasteiger partial charge in [-0.15, -0.1) is 5.10 Å². The molecule has 0 amide bonds. The molecule has 5 rings (SSSR count). The van der Waals surface area contributed by atoms with E-state index in [2.05, 4.69) is 19.2 Å². The molecule has 1 aliphatic heterocycles. The molecule has 0 spiro atoms. The number of esters is 1. The first-order valence-electron chi connectivity index (χ1n) is 13.6. The van der Waals surface area contributed by atoms with Crippen LogP contribution in [-0.4, -0.2) is 27.3 Å². The summed E-state index contributed by atoms with van der Waals surface area (Å²) >= 11 is 7.85. The van der Waals surface area contributed by atoms with Gasteiger partial charge in [-0.05, 0) is 54.2 Å². The van der Waals surface area contributed by atoms with Crippen LogP contribution in [0.15, 0.2) is 95.3 Å². The first-order valence-corrected chi connectivity index (χ1v) is 15.0. The molecule has 1 aromatic heterocycles. The maximum Gasteiger partial charge on any atom is 0.338 e. The third-order valence-corrected chi connectivity index (χ3v) is 8.00. The summed E-state index contributed by atoms with van der Waals surface area (Å²) in [4.78, 5) is 18.3. The van der Waals surface area contributed by atoms with Crippen LogP contribution in [0.5, 0.6) is 5.75 Å². The van der Waals surface area contributed by atoms with E-state index in [0.717, 1.165) is 28.9 Å². The van der Waals surface area contributed by atoms with E-state index in [-0.39, 0.29) is 6.61 Å². The van der Waals surface area contributed by atoms with Gasteiger partial charge in [0.15, 0.2) is 0 Å². The van der Waals surface area contributed by atoms with Crippen molar-refractivity contribution in [3.63, 3.8) is 0 Å². The van der Waals surface area contributed by atoms with E-state index < -0.39 is 12.0 Å². The zero-order chi connectivity index (χ0) is 28.8. The van der Waals surface area contributed by atoms with Gasteiger partial charge in [0.25, 0.3) is 0 Å². The summed E-state index contributed by atoms with van der Waals surface area (Å²) in [5, 5.41) is 9.38. The number of fused-ring (bicyclic) bond motifs is 1. The van der Waals surface area contributed by atoms with Crippen LogP contribution in [0.4, 0.5) is 5.95 Å². The number of allylic oxidation sites excluding steroid dienone is 1. The maximum absolute atomic E-state index is 13.6. The van der Waals surface area contributed by atoms with E-state index in [0.29, 0.717) is 45.7 Å². The molecule has 0 aliphatic carbocycles. The van der Waals surface area contributed by atoms with E-state index in [1.165, 1.54) is 11.8 Å². The number of nitrogens with zero attached hydrogens (tertiary/aromatic N) is 3. The van der Waals surface area contributed by atoms with Crippen LogP contribution in [0.2, 0.25) is 5.02 Å². The fourth-order valence-electron chi connectivity index (χ4n) is 4.48. The molecule has 1 atom stereocenters. The Balaban J connectivity index is 1.42. The fourth-order valence-corrected chi connectivity index (χ4v) is 5.60. The molecule has 0 fully saturated rings. The fraction of sp³-hybridized carbons (Fsp3) is 0.281. The van der Waals surface area contributed by atoms with Gasteiger partial charge in [0.1, 0.15) is 18.4 Å². The monoisotopic (exact) mass is 588 g/mol. The van der Waals surface area contributed by atoms with Crippen molar-refractivity contribution in [3.05, 3.63) is 112 Å². The molecule has 1 N–H and O–H groups in total. The number of thioether (sulfide) groups is 1. The third kappa shape index (κ3) is 7.13. The second-order valence-corrected chi connectivity index (χ2v) is 11.6. The molecular weight excluding hydrogens is 556 g/mol. The molecule has 0 saturated carbocycles. The zero-order valence-corrected chi connectivity index (χ0v) is 24.9. The molecule has 3 aromatic carbocycles. The summed E-state index contributed by atoms with van der Waals surface area (Å²) in [7, 11) is 0. The van der Waals surface area contributed by atoms with Crippen molar-refractivity contribution in [1.82, 2.24) is 14.8 Å². The third-order valence-electron chi connectivity index (χ3n) is 6.74. The predicted octanol–water partition coefficient (Wildman–Crippen LogP) is 7.68. The number of aromatic nitrogens is 3. The van der Waals surface area contributed by atoms with Gasteiger partial charge in [0.05, 0.1) is 12.2 Å². The molecule has 41 heavy (non-hydrogen) atoms. The Morgan fingerprint density at radius 3 is 2.51 bits per heavy atom. The number of carbonyl (C=O) groups is 1. The smallest absolute Gasteiger partial charge is 0.338 e. The molecule has 9 heteroatoms. The zero-order valence-electron chi connectivity index (χ0n) is 23.3. The molecule has 2 heterocycles. The van der Waals surface area contributed by atoms with Gasteiger partial charge in [-0.25, -0.2) is 9.48 Å². The highest BCUT2D eigenvalue weighted by Crippen LogP contribution is 2.38. The highest BCUT2D eigenvalue weighted by Gasteiger charge is 2.35. The van der Waals surface area contributed by atoms with Gasteiger partial charge in [-0.3, -0.25) is 0 Å². The highest BCUT2D eigenvalue weighted by atomic mass is 35.5. The lowest BCUT2D eigenvalue weighted by Gasteiger charge is -2.28. The normalized spacial score (nSPS) is 14.5. The Hall–Kier alpha value is -3.75. The van der Waals surface area contributed by atoms with E-state index in [1.807, 2.05) is 85.8 Å². The quantitative estimate of drug-likeness (QED) is 0.142. The van der Waals surface area contributed by atoms with Crippen molar-refractivity contribution in [2.24, 2.45) is 5.92 Å². The number of hydrogen-bond acceptors (Lipinski definition) is 7. The van der Waals surface area contributed by atoms with Crippen molar-refractivity contribution in [3.8, 4) is 5.75 Å². The summed E-state index contributed by atoms with van der Waals surface area (Å²) in [6.45, 7) is 7.04. The number of anilines is 1. The lowest BCUT2D eigenvalue weighted by molar-refractivity contribution is -0.140. The topological polar surface area (TPSA) is 78.3 Å².